The normalized spacial score (nSPS) is 11.4. The molecule has 0 amide bonds. The largest absolute Gasteiger partial charge is 0.391 e. The first kappa shape index (κ1) is 12.9. The van der Waals surface area contributed by atoms with Crippen LogP contribution in [-0.4, -0.2) is 28.7 Å². The van der Waals surface area contributed by atoms with Gasteiger partial charge in [-0.1, -0.05) is 0 Å². The maximum absolute atomic E-state index is 12.0. The zero-order valence-electron chi connectivity index (χ0n) is 9.36. The molecule has 2 aromatic rings. The summed E-state index contributed by atoms with van der Waals surface area (Å²) in [5, 5.41) is 16.1. The lowest BCUT2D eigenvalue weighted by atomic mass is 10.3. The van der Waals surface area contributed by atoms with Gasteiger partial charge in [0.2, 0.25) is 0 Å². The number of aliphatic hydroxyl groups is 1. The maximum Gasteiger partial charge on any atom is 0.273 e. The van der Waals surface area contributed by atoms with E-state index in [9.17, 15) is 8.42 Å². The van der Waals surface area contributed by atoms with Crippen molar-refractivity contribution in [3.63, 3.8) is 0 Å². The average Bonchev–Trinajstić information content (AvgIpc) is 2.72. The molecule has 9 heteroatoms. The number of sulfonamides is 1. The number of hydrogen-bond acceptors (Lipinski definition) is 7. The first-order valence-electron chi connectivity index (χ1n) is 4.89. The van der Waals surface area contributed by atoms with Crippen molar-refractivity contribution in [3.8, 4) is 0 Å². The molecular formula is C9H10N4O3S2. The fourth-order valence-corrected chi connectivity index (χ4v) is 3.64. The molecule has 0 saturated heterocycles. The maximum atomic E-state index is 12.0. The topological polar surface area (TPSA) is 105 Å². The molecule has 2 N–H and O–H groups in total. The number of nitrogens with zero attached hydrogens (tertiary/aromatic N) is 3. The highest BCUT2D eigenvalue weighted by Gasteiger charge is 2.19. The Morgan fingerprint density at radius 1 is 1.44 bits per heavy atom. The fourth-order valence-electron chi connectivity index (χ4n) is 1.24. The Bertz CT molecular complexity index is 639. The molecule has 18 heavy (non-hydrogen) atoms. The molecule has 0 atom stereocenters. The third-order valence-corrected chi connectivity index (χ3v) is 5.14. The lowest BCUT2D eigenvalue weighted by Gasteiger charge is -2.02. The van der Waals surface area contributed by atoms with Gasteiger partial charge in [-0.25, -0.2) is 18.1 Å². The molecule has 7 nitrogen and oxygen atoms in total. The molecule has 0 unspecified atom stereocenters. The van der Waals surface area contributed by atoms with E-state index in [4.69, 9.17) is 5.11 Å². The number of anilines is 1. The van der Waals surface area contributed by atoms with E-state index < -0.39 is 10.0 Å². The van der Waals surface area contributed by atoms with Crippen LogP contribution in [0.2, 0.25) is 0 Å². The molecule has 2 heterocycles. The molecule has 0 radical (unpaired) electrons. The summed E-state index contributed by atoms with van der Waals surface area (Å²) in [4.78, 5) is 4.34. The summed E-state index contributed by atoms with van der Waals surface area (Å²) < 4.78 is 26.3. The molecule has 0 aliphatic carbocycles. The van der Waals surface area contributed by atoms with E-state index in [2.05, 4.69) is 19.9 Å². The predicted octanol–water partition coefficient (Wildman–Crippen LogP) is 0.535. The van der Waals surface area contributed by atoms with Gasteiger partial charge in [0.05, 0.1) is 19.0 Å². The Balaban J connectivity index is 2.31. The molecular weight excluding hydrogens is 276 g/mol. The number of aromatic nitrogens is 3. The van der Waals surface area contributed by atoms with Crippen molar-refractivity contribution in [3.05, 3.63) is 28.9 Å². The molecule has 0 aliphatic heterocycles. The van der Waals surface area contributed by atoms with Crippen LogP contribution in [0, 0.1) is 6.92 Å². The third-order valence-electron chi connectivity index (χ3n) is 2.11. The Morgan fingerprint density at radius 2 is 2.22 bits per heavy atom. The molecule has 0 aliphatic rings. The summed E-state index contributed by atoms with van der Waals surface area (Å²) in [7, 11) is -3.73. The SMILES string of the molecule is Cc1cc(S(=O)(=O)Nc2nccnn2)sc1CO. The van der Waals surface area contributed by atoms with Crippen LogP contribution in [0.1, 0.15) is 10.4 Å². The molecule has 0 aromatic carbocycles. The van der Waals surface area contributed by atoms with Gasteiger partial charge >= 0.3 is 0 Å². The summed E-state index contributed by atoms with van der Waals surface area (Å²) in [6, 6.07) is 1.49. The Kier molecular flexibility index (Phi) is 3.55. The van der Waals surface area contributed by atoms with Gasteiger partial charge in [0.25, 0.3) is 16.0 Å². The van der Waals surface area contributed by atoms with E-state index in [0.29, 0.717) is 4.88 Å². The van der Waals surface area contributed by atoms with Gasteiger partial charge in [-0.3, -0.25) is 0 Å². The van der Waals surface area contributed by atoms with E-state index in [-0.39, 0.29) is 16.8 Å². The van der Waals surface area contributed by atoms with Gasteiger partial charge in [0.15, 0.2) is 0 Å². The van der Waals surface area contributed by atoms with Gasteiger partial charge in [-0.2, -0.15) is 5.10 Å². The molecule has 0 spiro atoms. The third kappa shape index (κ3) is 2.63. The molecule has 0 saturated carbocycles. The van der Waals surface area contributed by atoms with E-state index in [0.717, 1.165) is 16.9 Å². The molecule has 96 valence electrons. The number of hydrogen-bond donors (Lipinski definition) is 2. The Hall–Kier alpha value is -1.58. The Morgan fingerprint density at radius 3 is 2.78 bits per heavy atom. The van der Waals surface area contributed by atoms with Crippen LogP contribution < -0.4 is 4.72 Å². The van der Waals surface area contributed by atoms with E-state index in [1.165, 1.54) is 18.5 Å². The summed E-state index contributed by atoms with van der Waals surface area (Å²) in [5.74, 6) is -0.0888. The van der Waals surface area contributed by atoms with Gasteiger partial charge in [-0.05, 0) is 18.6 Å². The minimum absolute atomic E-state index is 0.0888. The number of rotatable bonds is 4. The minimum atomic E-state index is -3.73. The van der Waals surface area contributed by atoms with Crippen LogP contribution in [0.4, 0.5) is 5.95 Å². The lowest BCUT2D eigenvalue weighted by Crippen LogP contribution is -2.14. The number of nitrogens with one attached hydrogen (secondary N) is 1. The van der Waals surface area contributed by atoms with Crippen molar-refractivity contribution >= 4 is 27.3 Å². The van der Waals surface area contributed by atoms with Gasteiger partial charge < -0.3 is 5.11 Å². The highest BCUT2D eigenvalue weighted by Crippen LogP contribution is 2.26. The van der Waals surface area contributed by atoms with Gasteiger partial charge in [0, 0.05) is 4.88 Å². The zero-order valence-corrected chi connectivity index (χ0v) is 11.0. The van der Waals surface area contributed by atoms with E-state index in [1.54, 1.807) is 6.92 Å². The first-order chi connectivity index (χ1) is 8.53. The van der Waals surface area contributed by atoms with Gasteiger partial charge in [-0.15, -0.1) is 16.4 Å². The Labute approximate surface area is 108 Å². The molecule has 0 fully saturated rings. The second-order valence-corrected chi connectivity index (χ2v) is 6.45. The smallest absolute Gasteiger partial charge is 0.273 e. The minimum Gasteiger partial charge on any atom is -0.391 e. The second-order valence-electron chi connectivity index (χ2n) is 3.40. The summed E-state index contributed by atoms with van der Waals surface area (Å²) >= 11 is 1.01. The zero-order chi connectivity index (χ0) is 13.2. The fraction of sp³-hybridized carbons (Fsp3) is 0.222. The number of thiophene rings is 1. The summed E-state index contributed by atoms with van der Waals surface area (Å²) in [6.07, 6.45) is 2.68. The number of aryl methyl sites for hydroxylation is 1. The van der Waals surface area contributed by atoms with E-state index in [1.807, 2.05) is 0 Å². The quantitative estimate of drug-likeness (QED) is 0.849. The van der Waals surface area contributed by atoms with Gasteiger partial charge in [0.1, 0.15) is 4.21 Å². The van der Waals surface area contributed by atoms with Crippen LogP contribution >= 0.6 is 11.3 Å². The van der Waals surface area contributed by atoms with Crippen LogP contribution in [0.3, 0.4) is 0 Å². The lowest BCUT2D eigenvalue weighted by molar-refractivity contribution is 0.285. The first-order valence-corrected chi connectivity index (χ1v) is 7.19. The van der Waals surface area contributed by atoms with Crippen LogP contribution in [0.5, 0.6) is 0 Å². The van der Waals surface area contributed by atoms with E-state index >= 15 is 0 Å². The highest BCUT2D eigenvalue weighted by molar-refractivity contribution is 7.94. The van der Waals surface area contributed by atoms with Crippen LogP contribution in [-0.2, 0) is 16.6 Å². The highest BCUT2D eigenvalue weighted by atomic mass is 32.2. The van der Waals surface area contributed by atoms with Crippen LogP contribution in [0.25, 0.3) is 0 Å². The predicted molar refractivity (Wildman–Crippen MR) is 65.6 cm³/mol. The van der Waals surface area contributed by atoms with Crippen molar-refractivity contribution in [1.29, 1.82) is 0 Å². The van der Waals surface area contributed by atoms with Crippen LogP contribution in [0.15, 0.2) is 22.7 Å². The second kappa shape index (κ2) is 4.96. The monoisotopic (exact) mass is 286 g/mol. The van der Waals surface area contributed by atoms with Crippen molar-refractivity contribution in [2.24, 2.45) is 0 Å². The summed E-state index contributed by atoms with van der Waals surface area (Å²) in [6.45, 7) is 1.55. The molecule has 2 rings (SSSR count). The van der Waals surface area contributed by atoms with Crippen molar-refractivity contribution in [2.75, 3.05) is 4.72 Å². The molecule has 0 bridgehead atoms. The average molecular weight is 286 g/mol. The van der Waals surface area contributed by atoms with Crippen molar-refractivity contribution in [1.82, 2.24) is 15.2 Å². The molecule has 2 aromatic heterocycles. The standard InChI is InChI=1S/C9H10N4O3S2/c1-6-4-8(17-7(6)5-14)18(15,16)13-9-10-2-3-11-12-9/h2-4,14H,5H2,1H3,(H,10,12,13). The number of aliphatic hydroxyl groups excluding tert-OH is 1. The van der Waals surface area contributed by atoms with Crippen molar-refractivity contribution in [2.45, 2.75) is 17.7 Å². The van der Waals surface area contributed by atoms with Crippen molar-refractivity contribution < 1.29 is 13.5 Å². The summed E-state index contributed by atoms with van der Waals surface area (Å²) in [5.41, 5.74) is 0.731.